The normalized spacial score (nSPS) is 11.8. The van der Waals surface area contributed by atoms with Gasteiger partial charge in [-0.25, -0.2) is 4.39 Å². The van der Waals surface area contributed by atoms with Crippen LogP contribution in [0.1, 0.15) is 5.56 Å². The molecule has 2 nitrogen and oxygen atoms in total. The van der Waals surface area contributed by atoms with Crippen LogP contribution in [0.5, 0.6) is 0 Å². The van der Waals surface area contributed by atoms with Crippen molar-refractivity contribution in [1.82, 2.24) is 0 Å². The third-order valence-electron chi connectivity index (χ3n) is 1.46. The van der Waals surface area contributed by atoms with Crippen LogP contribution < -0.4 is 5.73 Å². The van der Waals surface area contributed by atoms with Crippen LogP contribution in [-0.2, 0) is 0 Å². The highest BCUT2D eigenvalue weighted by atomic mass is 79.9. The molecule has 0 bridgehead atoms. The second-order valence-corrected chi connectivity index (χ2v) is 3.09. The number of halogens is 2. The van der Waals surface area contributed by atoms with Gasteiger partial charge in [-0.1, -0.05) is 0 Å². The molecule has 0 amide bonds. The van der Waals surface area contributed by atoms with Gasteiger partial charge in [-0.05, 0) is 34.1 Å². The van der Waals surface area contributed by atoms with E-state index in [9.17, 15) is 4.39 Å². The monoisotopic (exact) mass is 230 g/mol. The Labute approximate surface area is 78.4 Å². The van der Waals surface area contributed by atoms with Gasteiger partial charge in [0.1, 0.15) is 11.7 Å². The highest BCUT2D eigenvalue weighted by Gasteiger charge is 2.01. The van der Waals surface area contributed by atoms with Crippen LogP contribution in [0.3, 0.4) is 0 Å². The summed E-state index contributed by atoms with van der Waals surface area (Å²) in [6.07, 6.45) is 0. The van der Waals surface area contributed by atoms with E-state index in [1.54, 1.807) is 19.2 Å². The lowest BCUT2D eigenvalue weighted by Crippen LogP contribution is -2.12. The summed E-state index contributed by atoms with van der Waals surface area (Å²) in [6, 6.07) is 4.53. The van der Waals surface area contributed by atoms with Gasteiger partial charge in [-0.2, -0.15) is 0 Å². The zero-order valence-corrected chi connectivity index (χ0v) is 8.10. The van der Waals surface area contributed by atoms with Crippen molar-refractivity contribution in [1.29, 1.82) is 0 Å². The first kappa shape index (κ1) is 9.19. The van der Waals surface area contributed by atoms with E-state index in [1.165, 1.54) is 6.07 Å². The van der Waals surface area contributed by atoms with E-state index in [2.05, 4.69) is 20.9 Å². The molecule has 0 aliphatic rings. The maximum atomic E-state index is 12.7. The molecule has 0 saturated carbocycles. The van der Waals surface area contributed by atoms with Gasteiger partial charge in [-0.3, -0.25) is 4.99 Å². The number of aliphatic imine (C=N–C) groups is 1. The molecule has 2 N–H and O–H groups in total. The van der Waals surface area contributed by atoms with Crippen molar-refractivity contribution in [2.45, 2.75) is 0 Å². The molecule has 0 radical (unpaired) electrons. The molecule has 0 saturated heterocycles. The average Bonchev–Trinajstić information content (AvgIpc) is 2.08. The molecule has 0 unspecified atom stereocenters. The minimum atomic E-state index is -0.303. The average molecular weight is 231 g/mol. The van der Waals surface area contributed by atoms with Crippen LogP contribution in [0.15, 0.2) is 27.7 Å². The standard InChI is InChI=1S/C8H8BrFN2/c1-12-8(11)5-2-3-7(10)6(9)4-5/h2-4H,1H3,(H2,11,12). The maximum Gasteiger partial charge on any atom is 0.137 e. The second kappa shape index (κ2) is 3.67. The Balaban J connectivity index is 3.13. The zero-order valence-electron chi connectivity index (χ0n) is 6.51. The van der Waals surface area contributed by atoms with Gasteiger partial charge in [0.2, 0.25) is 0 Å². The summed E-state index contributed by atoms with van der Waals surface area (Å²) in [7, 11) is 1.59. The van der Waals surface area contributed by atoms with Crippen molar-refractivity contribution >= 4 is 21.8 Å². The van der Waals surface area contributed by atoms with Crippen LogP contribution in [0, 0.1) is 5.82 Å². The van der Waals surface area contributed by atoms with E-state index >= 15 is 0 Å². The highest BCUT2D eigenvalue weighted by molar-refractivity contribution is 9.10. The van der Waals surface area contributed by atoms with E-state index in [-0.39, 0.29) is 5.82 Å². The van der Waals surface area contributed by atoms with Crippen molar-refractivity contribution in [3.8, 4) is 0 Å². The van der Waals surface area contributed by atoms with Crippen molar-refractivity contribution in [2.75, 3.05) is 7.05 Å². The highest BCUT2D eigenvalue weighted by Crippen LogP contribution is 2.16. The lowest BCUT2D eigenvalue weighted by molar-refractivity contribution is 0.621. The Kier molecular flexibility index (Phi) is 2.81. The van der Waals surface area contributed by atoms with Gasteiger partial charge < -0.3 is 5.73 Å². The molecule has 0 aliphatic heterocycles. The SMILES string of the molecule is CN=C(N)c1ccc(F)c(Br)c1. The third kappa shape index (κ3) is 1.82. The molecular weight excluding hydrogens is 223 g/mol. The fourth-order valence-electron chi connectivity index (χ4n) is 0.785. The molecule has 0 aliphatic carbocycles. The quantitative estimate of drug-likeness (QED) is 0.582. The van der Waals surface area contributed by atoms with Gasteiger partial charge in [0, 0.05) is 12.6 Å². The Morgan fingerprint density at radius 3 is 2.75 bits per heavy atom. The van der Waals surface area contributed by atoms with Gasteiger partial charge in [-0.15, -0.1) is 0 Å². The predicted octanol–water partition coefficient (Wildman–Crippen LogP) is 1.92. The molecule has 0 fully saturated rings. The molecule has 0 aromatic heterocycles. The first-order valence-corrected chi connectivity index (χ1v) is 4.12. The zero-order chi connectivity index (χ0) is 9.14. The number of hydrogen-bond donors (Lipinski definition) is 1. The van der Waals surface area contributed by atoms with Crippen molar-refractivity contribution in [2.24, 2.45) is 10.7 Å². The van der Waals surface area contributed by atoms with E-state index in [0.29, 0.717) is 15.9 Å². The first-order chi connectivity index (χ1) is 5.65. The van der Waals surface area contributed by atoms with Crippen LogP contribution >= 0.6 is 15.9 Å². The summed E-state index contributed by atoms with van der Waals surface area (Å²) >= 11 is 3.06. The first-order valence-electron chi connectivity index (χ1n) is 3.33. The smallest absolute Gasteiger partial charge is 0.137 e. The largest absolute Gasteiger partial charge is 0.384 e. The third-order valence-corrected chi connectivity index (χ3v) is 2.06. The number of nitrogens with two attached hydrogens (primary N) is 1. The number of benzene rings is 1. The summed E-state index contributed by atoms with van der Waals surface area (Å²) in [5.41, 5.74) is 6.23. The number of hydrogen-bond acceptors (Lipinski definition) is 1. The van der Waals surface area contributed by atoms with Crippen molar-refractivity contribution in [3.63, 3.8) is 0 Å². The number of nitrogens with zero attached hydrogens (tertiary/aromatic N) is 1. The van der Waals surface area contributed by atoms with Crippen LogP contribution in [0.2, 0.25) is 0 Å². The number of rotatable bonds is 1. The van der Waals surface area contributed by atoms with Gasteiger partial charge in [0.05, 0.1) is 4.47 Å². The summed E-state index contributed by atoms with van der Waals surface area (Å²) in [4.78, 5) is 3.78. The lowest BCUT2D eigenvalue weighted by Gasteiger charge is -2.00. The molecule has 0 spiro atoms. The Bertz CT molecular complexity index is 323. The van der Waals surface area contributed by atoms with E-state index in [1.807, 2.05) is 0 Å². The molecule has 1 aromatic carbocycles. The molecule has 64 valence electrons. The van der Waals surface area contributed by atoms with E-state index in [0.717, 1.165) is 0 Å². The van der Waals surface area contributed by atoms with Crippen LogP contribution in [-0.4, -0.2) is 12.9 Å². The predicted molar refractivity (Wildman–Crippen MR) is 50.7 cm³/mol. The summed E-state index contributed by atoms with van der Waals surface area (Å²) in [5.74, 6) is 0.0957. The molecule has 12 heavy (non-hydrogen) atoms. The van der Waals surface area contributed by atoms with E-state index in [4.69, 9.17) is 5.73 Å². The van der Waals surface area contributed by atoms with Crippen LogP contribution in [0.25, 0.3) is 0 Å². The Morgan fingerprint density at radius 1 is 1.58 bits per heavy atom. The van der Waals surface area contributed by atoms with Gasteiger partial charge in [0.25, 0.3) is 0 Å². The molecule has 0 atom stereocenters. The fraction of sp³-hybridized carbons (Fsp3) is 0.125. The van der Waals surface area contributed by atoms with Gasteiger partial charge in [0.15, 0.2) is 0 Å². The van der Waals surface area contributed by atoms with E-state index < -0.39 is 0 Å². The lowest BCUT2D eigenvalue weighted by atomic mass is 10.2. The molecular formula is C8H8BrFN2. The van der Waals surface area contributed by atoms with Crippen molar-refractivity contribution < 1.29 is 4.39 Å². The molecule has 4 heteroatoms. The molecule has 0 heterocycles. The molecule has 1 aromatic rings. The molecule has 1 rings (SSSR count). The van der Waals surface area contributed by atoms with Gasteiger partial charge >= 0.3 is 0 Å². The van der Waals surface area contributed by atoms with Crippen LogP contribution in [0.4, 0.5) is 4.39 Å². The summed E-state index contributed by atoms with van der Waals surface area (Å²) in [5, 5.41) is 0. The minimum Gasteiger partial charge on any atom is -0.384 e. The second-order valence-electron chi connectivity index (χ2n) is 2.24. The Hall–Kier alpha value is -0.900. The van der Waals surface area contributed by atoms with Crippen molar-refractivity contribution in [3.05, 3.63) is 34.1 Å². The summed E-state index contributed by atoms with van der Waals surface area (Å²) < 4.78 is 13.1. The minimum absolute atomic E-state index is 0.303. The topological polar surface area (TPSA) is 38.4 Å². The Morgan fingerprint density at radius 2 is 2.25 bits per heavy atom. The summed E-state index contributed by atoms with van der Waals surface area (Å²) in [6.45, 7) is 0. The fourth-order valence-corrected chi connectivity index (χ4v) is 1.16. The maximum absolute atomic E-state index is 12.7. The number of amidine groups is 1.